The Kier molecular flexibility index (Phi) is 4.10. The number of nitrogens with two attached hydrogens (primary N) is 1. The van der Waals surface area contributed by atoms with Crippen molar-refractivity contribution >= 4 is 17.3 Å². The Labute approximate surface area is 123 Å². The van der Waals surface area contributed by atoms with Crippen LogP contribution in [0.25, 0.3) is 0 Å². The van der Waals surface area contributed by atoms with Gasteiger partial charge >= 0.3 is 0 Å². The lowest BCUT2D eigenvalue weighted by molar-refractivity contribution is 0.0993. The Bertz CT molecular complexity index is 720. The number of nitrogens with zero attached hydrogens (tertiary/aromatic N) is 2. The van der Waals surface area contributed by atoms with Crippen LogP contribution in [0.4, 0.5) is 11.4 Å². The number of rotatable bonds is 3. The summed E-state index contributed by atoms with van der Waals surface area (Å²) < 4.78 is 5.12. The molecule has 21 heavy (non-hydrogen) atoms. The fraction of sp³-hybridized carbons (Fsp3) is 0.125. The van der Waals surface area contributed by atoms with Crippen LogP contribution in [0, 0.1) is 11.3 Å². The highest BCUT2D eigenvalue weighted by Gasteiger charge is 2.18. The van der Waals surface area contributed by atoms with Gasteiger partial charge in [0, 0.05) is 12.7 Å². The minimum absolute atomic E-state index is 0.263. The number of hydrogen-bond donors (Lipinski definition) is 1. The molecule has 0 bridgehead atoms. The SMILES string of the molecule is COc1cccc(C(=O)N(C)c2cccc(C#N)c2)c1N. The van der Waals surface area contributed by atoms with Crippen LogP contribution in [0.15, 0.2) is 42.5 Å². The molecule has 5 heteroatoms. The van der Waals surface area contributed by atoms with Crippen LogP contribution in [-0.2, 0) is 0 Å². The largest absolute Gasteiger partial charge is 0.495 e. The van der Waals surface area contributed by atoms with Crippen molar-refractivity contribution in [3.8, 4) is 11.8 Å². The summed E-state index contributed by atoms with van der Waals surface area (Å²) in [4.78, 5) is 14.0. The summed E-state index contributed by atoms with van der Waals surface area (Å²) in [5.74, 6) is 0.196. The van der Waals surface area contributed by atoms with E-state index in [1.807, 2.05) is 6.07 Å². The van der Waals surface area contributed by atoms with Gasteiger partial charge in [-0.1, -0.05) is 12.1 Å². The standard InChI is InChI=1S/C16H15N3O2/c1-19(12-6-3-5-11(9-12)10-17)16(20)13-7-4-8-14(21-2)15(13)18/h3-9H,18H2,1-2H3. The lowest BCUT2D eigenvalue weighted by Crippen LogP contribution is -2.27. The molecule has 0 fully saturated rings. The average molecular weight is 281 g/mol. The molecule has 0 saturated carbocycles. The van der Waals surface area contributed by atoms with Crippen molar-refractivity contribution in [2.24, 2.45) is 0 Å². The van der Waals surface area contributed by atoms with Crippen LogP contribution in [0.2, 0.25) is 0 Å². The Hall–Kier alpha value is -3.00. The van der Waals surface area contributed by atoms with Crippen LogP contribution in [0.5, 0.6) is 5.75 Å². The van der Waals surface area contributed by atoms with E-state index in [9.17, 15) is 4.79 Å². The van der Waals surface area contributed by atoms with Crippen LogP contribution in [0.3, 0.4) is 0 Å². The molecule has 2 aromatic rings. The van der Waals surface area contributed by atoms with Crippen molar-refractivity contribution in [1.82, 2.24) is 0 Å². The van der Waals surface area contributed by atoms with Gasteiger partial charge in [0.05, 0.1) is 30.0 Å². The number of nitrogen functional groups attached to an aromatic ring is 1. The first-order chi connectivity index (χ1) is 10.1. The van der Waals surface area contributed by atoms with E-state index in [1.54, 1.807) is 49.5 Å². The summed E-state index contributed by atoms with van der Waals surface area (Å²) in [6.07, 6.45) is 0. The molecule has 5 nitrogen and oxygen atoms in total. The number of hydrogen-bond acceptors (Lipinski definition) is 4. The van der Waals surface area contributed by atoms with Gasteiger partial charge in [0.25, 0.3) is 5.91 Å². The molecule has 0 aliphatic rings. The Morgan fingerprint density at radius 2 is 2.00 bits per heavy atom. The van der Waals surface area contributed by atoms with E-state index >= 15 is 0 Å². The molecule has 1 amide bonds. The van der Waals surface area contributed by atoms with Crippen LogP contribution in [0.1, 0.15) is 15.9 Å². The van der Waals surface area contributed by atoms with Crippen molar-refractivity contribution in [2.75, 3.05) is 24.8 Å². The van der Waals surface area contributed by atoms with Gasteiger partial charge in [-0.2, -0.15) is 5.26 Å². The highest BCUT2D eigenvalue weighted by Crippen LogP contribution is 2.27. The molecule has 0 radical (unpaired) electrons. The van der Waals surface area contributed by atoms with E-state index < -0.39 is 0 Å². The molecule has 0 unspecified atom stereocenters. The fourth-order valence-electron chi connectivity index (χ4n) is 1.99. The second-order valence-corrected chi connectivity index (χ2v) is 4.45. The molecular formula is C16H15N3O2. The molecule has 106 valence electrons. The van der Waals surface area contributed by atoms with E-state index in [0.717, 1.165) is 0 Å². The van der Waals surface area contributed by atoms with Gasteiger partial charge in [0.1, 0.15) is 5.75 Å². The molecule has 2 aromatic carbocycles. The van der Waals surface area contributed by atoms with Crippen LogP contribution < -0.4 is 15.4 Å². The van der Waals surface area contributed by atoms with Gasteiger partial charge in [-0.3, -0.25) is 4.79 Å². The topological polar surface area (TPSA) is 79.3 Å². The number of ether oxygens (including phenoxy) is 1. The first-order valence-corrected chi connectivity index (χ1v) is 6.29. The second kappa shape index (κ2) is 5.97. The van der Waals surface area contributed by atoms with Crippen LogP contribution >= 0.6 is 0 Å². The summed E-state index contributed by atoms with van der Waals surface area (Å²) in [7, 11) is 3.14. The molecule has 0 aromatic heterocycles. The summed E-state index contributed by atoms with van der Waals surface area (Å²) in [6, 6.07) is 13.9. The summed E-state index contributed by atoms with van der Waals surface area (Å²) in [6.45, 7) is 0. The lowest BCUT2D eigenvalue weighted by Gasteiger charge is -2.19. The number of para-hydroxylation sites is 1. The maximum atomic E-state index is 12.5. The van der Waals surface area contributed by atoms with Gasteiger partial charge in [-0.25, -0.2) is 0 Å². The zero-order chi connectivity index (χ0) is 15.4. The van der Waals surface area contributed by atoms with Gasteiger partial charge < -0.3 is 15.4 Å². The third kappa shape index (κ3) is 2.79. The number of nitriles is 1. The molecule has 0 aliphatic carbocycles. The third-order valence-corrected chi connectivity index (χ3v) is 3.18. The smallest absolute Gasteiger partial charge is 0.260 e. The van der Waals surface area contributed by atoms with E-state index in [2.05, 4.69) is 0 Å². The lowest BCUT2D eigenvalue weighted by atomic mass is 10.1. The van der Waals surface area contributed by atoms with Crippen molar-refractivity contribution in [3.63, 3.8) is 0 Å². The molecule has 0 heterocycles. The number of methoxy groups -OCH3 is 1. The highest BCUT2D eigenvalue weighted by atomic mass is 16.5. The van der Waals surface area contributed by atoms with E-state index in [1.165, 1.54) is 12.0 Å². The molecule has 0 atom stereocenters. The van der Waals surface area contributed by atoms with Gasteiger partial charge in [0.15, 0.2) is 0 Å². The minimum atomic E-state index is -0.263. The molecule has 0 aliphatic heterocycles. The van der Waals surface area contributed by atoms with Crippen LogP contribution in [-0.4, -0.2) is 20.1 Å². The van der Waals surface area contributed by atoms with Gasteiger partial charge in [-0.05, 0) is 30.3 Å². The number of amides is 1. The van der Waals surface area contributed by atoms with Gasteiger partial charge in [0.2, 0.25) is 0 Å². The average Bonchev–Trinajstić information content (AvgIpc) is 2.53. The highest BCUT2D eigenvalue weighted by molar-refractivity contribution is 6.09. The molecule has 0 saturated heterocycles. The molecule has 2 N–H and O–H groups in total. The number of carbonyl (C=O) groups is 1. The van der Waals surface area contributed by atoms with E-state index in [-0.39, 0.29) is 5.91 Å². The zero-order valence-electron chi connectivity index (χ0n) is 11.8. The van der Waals surface area contributed by atoms with Crippen molar-refractivity contribution in [2.45, 2.75) is 0 Å². The predicted octanol–water partition coefficient (Wildman–Crippen LogP) is 2.43. The normalized spacial score (nSPS) is 9.76. The summed E-state index contributed by atoms with van der Waals surface area (Å²) >= 11 is 0. The second-order valence-electron chi connectivity index (χ2n) is 4.45. The first-order valence-electron chi connectivity index (χ1n) is 6.29. The maximum Gasteiger partial charge on any atom is 0.260 e. The Morgan fingerprint density at radius 3 is 2.67 bits per heavy atom. The van der Waals surface area contributed by atoms with Crippen molar-refractivity contribution < 1.29 is 9.53 Å². The predicted molar refractivity (Wildman–Crippen MR) is 81.3 cm³/mol. The summed E-state index contributed by atoms with van der Waals surface area (Å²) in [5, 5.41) is 8.92. The van der Waals surface area contributed by atoms with E-state index in [4.69, 9.17) is 15.7 Å². The van der Waals surface area contributed by atoms with Crippen molar-refractivity contribution in [1.29, 1.82) is 5.26 Å². The Morgan fingerprint density at radius 1 is 1.29 bits per heavy atom. The quantitative estimate of drug-likeness (QED) is 0.876. The third-order valence-electron chi connectivity index (χ3n) is 3.18. The first kappa shape index (κ1) is 14.4. The zero-order valence-corrected chi connectivity index (χ0v) is 11.8. The summed E-state index contributed by atoms with van der Waals surface area (Å²) in [5.41, 5.74) is 7.72. The van der Waals surface area contributed by atoms with Crippen molar-refractivity contribution in [3.05, 3.63) is 53.6 Å². The monoisotopic (exact) mass is 281 g/mol. The number of carbonyl (C=O) groups excluding carboxylic acids is 1. The molecule has 2 rings (SSSR count). The Balaban J connectivity index is 2.38. The number of benzene rings is 2. The minimum Gasteiger partial charge on any atom is -0.495 e. The number of anilines is 2. The van der Waals surface area contributed by atoms with E-state index in [0.29, 0.717) is 28.3 Å². The van der Waals surface area contributed by atoms with Gasteiger partial charge in [-0.15, -0.1) is 0 Å². The maximum absolute atomic E-state index is 12.5. The fourth-order valence-corrected chi connectivity index (χ4v) is 1.99. The molecule has 0 spiro atoms. The molecular weight excluding hydrogens is 266 g/mol.